The third-order valence-electron chi connectivity index (χ3n) is 4.17. The number of ether oxygens (including phenoxy) is 3. The molecular formula is C20H18N2O6S. The van der Waals surface area contributed by atoms with Crippen molar-refractivity contribution in [2.24, 2.45) is 5.16 Å². The number of carbonyl (C=O) groups excluding carboxylic acids is 1. The van der Waals surface area contributed by atoms with Gasteiger partial charge in [-0.2, -0.15) is 0 Å². The third-order valence-corrected chi connectivity index (χ3v) is 5.03. The first kappa shape index (κ1) is 19.0. The molecule has 0 atom stereocenters. The summed E-state index contributed by atoms with van der Waals surface area (Å²) in [6.07, 6.45) is 0. The molecule has 1 aromatic carbocycles. The fraction of sp³-hybridized carbons (Fsp3) is 0.250. The molecule has 0 bridgehead atoms. The maximum absolute atomic E-state index is 11.9. The van der Waals surface area contributed by atoms with Gasteiger partial charge in [-0.1, -0.05) is 11.2 Å². The van der Waals surface area contributed by atoms with E-state index in [0.717, 1.165) is 10.4 Å². The largest absolute Gasteiger partial charge is 0.456 e. The van der Waals surface area contributed by atoms with Crippen LogP contribution in [0.2, 0.25) is 0 Å². The normalized spacial score (nSPS) is 12.8. The molecule has 0 aliphatic carbocycles. The molecule has 4 rings (SSSR count). The summed E-state index contributed by atoms with van der Waals surface area (Å²) in [6, 6.07) is 9.28. The summed E-state index contributed by atoms with van der Waals surface area (Å²) in [7, 11) is 0. The van der Waals surface area contributed by atoms with E-state index in [1.165, 1.54) is 11.3 Å². The minimum Gasteiger partial charge on any atom is -0.456 e. The SMILES string of the molecule is C/C(=N\OCC(=O)OCc1nc(-c2cccs2)oc1C)c1ccc2c(c1)OCO2. The summed E-state index contributed by atoms with van der Waals surface area (Å²) in [6.45, 7) is 3.46. The van der Waals surface area contributed by atoms with Crippen molar-refractivity contribution in [1.29, 1.82) is 0 Å². The molecule has 3 aromatic rings. The van der Waals surface area contributed by atoms with Crippen molar-refractivity contribution < 1.29 is 28.3 Å². The molecule has 2 aromatic heterocycles. The molecule has 0 saturated carbocycles. The lowest BCUT2D eigenvalue weighted by atomic mass is 10.1. The highest BCUT2D eigenvalue weighted by Gasteiger charge is 2.15. The zero-order valence-corrected chi connectivity index (χ0v) is 16.7. The standard InChI is InChI=1S/C20H18N2O6S/c1-12(14-5-6-16-17(8-14)26-11-25-16)22-27-10-19(23)24-9-15-13(2)28-20(21-15)18-4-3-7-29-18/h3-8H,9-11H2,1-2H3/b22-12+. The molecule has 8 nitrogen and oxygen atoms in total. The first-order chi connectivity index (χ1) is 14.1. The van der Waals surface area contributed by atoms with Crippen LogP contribution < -0.4 is 9.47 Å². The van der Waals surface area contributed by atoms with Gasteiger partial charge in [-0.25, -0.2) is 9.78 Å². The van der Waals surface area contributed by atoms with Crippen LogP contribution in [0.15, 0.2) is 45.3 Å². The van der Waals surface area contributed by atoms with Gasteiger partial charge in [0, 0.05) is 5.56 Å². The van der Waals surface area contributed by atoms with Crippen molar-refractivity contribution in [3.63, 3.8) is 0 Å². The average molecular weight is 414 g/mol. The van der Waals surface area contributed by atoms with E-state index in [1.54, 1.807) is 26.0 Å². The quantitative estimate of drug-likeness (QED) is 0.329. The lowest BCUT2D eigenvalue weighted by Gasteiger charge is -2.04. The van der Waals surface area contributed by atoms with Crippen LogP contribution in [0.3, 0.4) is 0 Å². The fourth-order valence-electron chi connectivity index (χ4n) is 2.61. The van der Waals surface area contributed by atoms with Crippen LogP contribution in [0.1, 0.15) is 23.9 Å². The highest BCUT2D eigenvalue weighted by Crippen LogP contribution is 2.32. The van der Waals surface area contributed by atoms with Crippen molar-refractivity contribution in [2.75, 3.05) is 13.4 Å². The summed E-state index contributed by atoms with van der Waals surface area (Å²) in [4.78, 5) is 22.3. The Labute approximate surface area is 170 Å². The summed E-state index contributed by atoms with van der Waals surface area (Å²) < 4.78 is 21.4. The predicted octanol–water partition coefficient (Wildman–Crippen LogP) is 3.92. The second-order valence-electron chi connectivity index (χ2n) is 6.18. The minimum absolute atomic E-state index is 0.00770. The van der Waals surface area contributed by atoms with Crippen LogP contribution in [0, 0.1) is 6.92 Å². The number of esters is 1. The molecular weight excluding hydrogens is 396 g/mol. The molecule has 0 spiro atoms. The van der Waals surface area contributed by atoms with Crippen LogP contribution in [-0.2, 0) is 21.0 Å². The average Bonchev–Trinajstić information content (AvgIpc) is 3.46. The number of oxazole rings is 1. The molecule has 1 aliphatic rings. The first-order valence-electron chi connectivity index (χ1n) is 8.82. The van der Waals surface area contributed by atoms with Crippen LogP contribution in [0.5, 0.6) is 11.5 Å². The van der Waals surface area contributed by atoms with Crippen molar-refractivity contribution in [2.45, 2.75) is 20.5 Å². The van der Waals surface area contributed by atoms with Gasteiger partial charge in [-0.3, -0.25) is 0 Å². The van der Waals surface area contributed by atoms with Crippen molar-refractivity contribution >= 4 is 23.0 Å². The van der Waals surface area contributed by atoms with Crippen LogP contribution in [0.4, 0.5) is 0 Å². The molecule has 1 aliphatic heterocycles. The monoisotopic (exact) mass is 414 g/mol. The topological polar surface area (TPSA) is 92.4 Å². The summed E-state index contributed by atoms with van der Waals surface area (Å²) >= 11 is 1.53. The second-order valence-corrected chi connectivity index (χ2v) is 7.13. The number of hydrogen-bond acceptors (Lipinski definition) is 9. The number of fused-ring (bicyclic) bond motifs is 1. The molecule has 3 heterocycles. The molecule has 0 unspecified atom stereocenters. The van der Waals surface area contributed by atoms with Crippen LogP contribution in [-0.4, -0.2) is 30.1 Å². The van der Waals surface area contributed by atoms with E-state index in [0.29, 0.717) is 34.6 Å². The lowest BCUT2D eigenvalue weighted by Crippen LogP contribution is -2.12. The molecule has 0 fully saturated rings. The van der Waals surface area contributed by atoms with E-state index in [2.05, 4.69) is 10.1 Å². The smallest absolute Gasteiger partial charge is 0.347 e. The van der Waals surface area contributed by atoms with Crippen molar-refractivity contribution in [3.05, 3.63) is 52.7 Å². The maximum Gasteiger partial charge on any atom is 0.347 e. The molecule has 9 heteroatoms. The van der Waals surface area contributed by atoms with Gasteiger partial charge in [0.1, 0.15) is 18.1 Å². The lowest BCUT2D eigenvalue weighted by molar-refractivity contribution is -0.150. The van der Waals surface area contributed by atoms with Gasteiger partial charge in [0.15, 0.2) is 11.5 Å². The molecule has 150 valence electrons. The van der Waals surface area contributed by atoms with Gasteiger partial charge in [0.2, 0.25) is 19.3 Å². The molecule has 0 saturated heterocycles. The van der Waals surface area contributed by atoms with E-state index < -0.39 is 5.97 Å². The Morgan fingerprint density at radius 1 is 1.28 bits per heavy atom. The molecule has 0 N–H and O–H groups in total. The number of thiophene rings is 1. The van der Waals surface area contributed by atoms with Gasteiger partial charge >= 0.3 is 5.97 Å². The third kappa shape index (κ3) is 4.40. The van der Waals surface area contributed by atoms with Gasteiger partial charge in [-0.05, 0) is 43.5 Å². The summed E-state index contributed by atoms with van der Waals surface area (Å²) in [5, 5.41) is 5.90. The Hall–Kier alpha value is -3.33. The number of oxime groups is 1. The van der Waals surface area contributed by atoms with E-state index in [1.807, 2.05) is 23.6 Å². The Morgan fingerprint density at radius 2 is 2.14 bits per heavy atom. The zero-order valence-electron chi connectivity index (χ0n) is 15.8. The Morgan fingerprint density at radius 3 is 2.97 bits per heavy atom. The van der Waals surface area contributed by atoms with E-state index in [-0.39, 0.29) is 20.0 Å². The summed E-state index contributed by atoms with van der Waals surface area (Å²) in [5.74, 6) is 1.92. The molecule has 0 amide bonds. The Bertz CT molecular complexity index is 1040. The highest BCUT2D eigenvalue weighted by atomic mass is 32.1. The Balaban J connectivity index is 1.28. The van der Waals surface area contributed by atoms with Crippen LogP contribution >= 0.6 is 11.3 Å². The van der Waals surface area contributed by atoms with Crippen molar-refractivity contribution in [1.82, 2.24) is 4.98 Å². The number of hydrogen-bond donors (Lipinski definition) is 0. The minimum atomic E-state index is -0.549. The predicted molar refractivity (Wildman–Crippen MR) is 105 cm³/mol. The fourth-order valence-corrected chi connectivity index (χ4v) is 3.26. The number of nitrogens with zero attached hydrogens (tertiary/aromatic N) is 2. The maximum atomic E-state index is 11.9. The first-order valence-corrected chi connectivity index (χ1v) is 9.70. The van der Waals surface area contributed by atoms with Gasteiger partial charge < -0.3 is 23.5 Å². The number of aromatic nitrogens is 1. The highest BCUT2D eigenvalue weighted by molar-refractivity contribution is 7.13. The summed E-state index contributed by atoms with van der Waals surface area (Å²) in [5.41, 5.74) is 1.98. The number of aryl methyl sites for hydroxylation is 1. The van der Waals surface area contributed by atoms with E-state index in [4.69, 9.17) is 23.5 Å². The van der Waals surface area contributed by atoms with Crippen LogP contribution in [0.25, 0.3) is 10.8 Å². The zero-order chi connectivity index (χ0) is 20.2. The number of benzene rings is 1. The number of rotatable bonds is 7. The molecule has 29 heavy (non-hydrogen) atoms. The van der Waals surface area contributed by atoms with Gasteiger partial charge in [0.25, 0.3) is 0 Å². The van der Waals surface area contributed by atoms with Gasteiger partial charge in [-0.15, -0.1) is 11.3 Å². The Kier molecular flexibility index (Phi) is 5.48. The van der Waals surface area contributed by atoms with Gasteiger partial charge in [0.05, 0.1) is 10.6 Å². The number of carbonyl (C=O) groups is 1. The second kappa shape index (κ2) is 8.36. The van der Waals surface area contributed by atoms with Crippen molar-refractivity contribution in [3.8, 4) is 22.3 Å². The molecule has 0 radical (unpaired) electrons. The van der Waals surface area contributed by atoms with E-state index >= 15 is 0 Å². The van der Waals surface area contributed by atoms with E-state index in [9.17, 15) is 4.79 Å².